The molecule has 4 heteroatoms. The zero-order valence-electron chi connectivity index (χ0n) is 14.6. The van der Waals surface area contributed by atoms with Crippen molar-refractivity contribution < 1.29 is 15.0 Å². The molecular weight excluding hydrogens is 326 g/mol. The van der Waals surface area contributed by atoms with Gasteiger partial charge in [0.1, 0.15) is 0 Å². The quantitative estimate of drug-likeness (QED) is 0.698. The van der Waals surface area contributed by atoms with Gasteiger partial charge in [0.25, 0.3) is 0 Å². The van der Waals surface area contributed by atoms with Crippen LogP contribution in [0.1, 0.15) is 42.7 Å². The van der Waals surface area contributed by atoms with Gasteiger partial charge in [-0.3, -0.25) is 4.79 Å². The van der Waals surface area contributed by atoms with Crippen LogP contribution in [0.5, 0.6) is 5.88 Å². The molecule has 1 aromatic heterocycles. The van der Waals surface area contributed by atoms with E-state index < -0.39 is 11.9 Å². The predicted molar refractivity (Wildman–Crippen MR) is 101 cm³/mol. The first-order valence-corrected chi connectivity index (χ1v) is 9.22. The van der Waals surface area contributed by atoms with Gasteiger partial charge in [0.15, 0.2) is 5.88 Å². The average molecular weight is 349 g/mol. The third-order valence-corrected chi connectivity index (χ3v) is 5.60. The maximum Gasteiger partial charge on any atom is 0.311 e. The first kappa shape index (κ1) is 16.7. The normalized spacial score (nSPS) is 16.2. The summed E-state index contributed by atoms with van der Waals surface area (Å²) in [5, 5.41) is 21.9. The fourth-order valence-electron chi connectivity index (χ4n) is 4.25. The third-order valence-electron chi connectivity index (χ3n) is 5.60. The number of carboxylic acid groups (broad SMARTS) is 1. The molecule has 1 saturated carbocycles. The summed E-state index contributed by atoms with van der Waals surface area (Å²) in [6, 6.07) is 15.6. The minimum atomic E-state index is -0.723. The predicted octanol–water partition coefficient (Wildman–Crippen LogP) is 4.75. The van der Waals surface area contributed by atoms with E-state index >= 15 is 0 Å². The smallest absolute Gasteiger partial charge is 0.311 e. The van der Waals surface area contributed by atoms with Gasteiger partial charge in [-0.1, -0.05) is 55.3 Å². The van der Waals surface area contributed by atoms with Crippen LogP contribution in [-0.2, 0) is 11.3 Å². The molecule has 26 heavy (non-hydrogen) atoms. The van der Waals surface area contributed by atoms with E-state index in [1.807, 2.05) is 59.3 Å². The number of benzene rings is 2. The highest BCUT2D eigenvalue weighted by Crippen LogP contribution is 2.37. The molecule has 134 valence electrons. The van der Waals surface area contributed by atoms with Crippen molar-refractivity contribution in [2.75, 3.05) is 0 Å². The van der Waals surface area contributed by atoms with E-state index in [2.05, 4.69) is 0 Å². The van der Waals surface area contributed by atoms with Gasteiger partial charge in [0, 0.05) is 17.0 Å². The highest BCUT2D eigenvalue weighted by atomic mass is 16.4. The Morgan fingerprint density at radius 1 is 1.08 bits per heavy atom. The van der Waals surface area contributed by atoms with Gasteiger partial charge in [-0.05, 0) is 36.0 Å². The summed E-state index contributed by atoms with van der Waals surface area (Å²) >= 11 is 0. The number of aliphatic carboxylic acids is 1. The molecule has 0 saturated heterocycles. The number of aromatic hydroxyl groups is 1. The van der Waals surface area contributed by atoms with Crippen LogP contribution < -0.4 is 0 Å². The second-order valence-electron chi connectivity index (χ2n) is 7.27. The van der Waals surface area contributed by atoms with Crippen molar-refractivity contribution in [3.05, 3.63) is 65.9 Å². The Bertz CT molecular complexity index is 920. The molecule has 0 amide bonds. The number of fused-ring (bicyclic) bond motifs is 1. The van der Waals surface area contributed by atoms with E-state index in [4.69, 9.17) is 0 Å². The zero-order chi connectivity index (χ0) is 18.1. The van der Waals surface area contributed by atoms with E-state index in [1.165, 1.54) is 0 Å². The first-order chi connectivity index (χ1) is 12.6. The second-order valence-corrected chi connectivity index (χ2v) is 7.27. The van der Waals surface area contributed by atoms with Gasteiger partial charge in [0.2, 0.25) is 0 Å². The molecule has 1 aliphatic rings. The van der Waals surface area contributed by atoms with Crippen LogP contribution in [0.2, 0.25) is 0 Å². The molecule has 2 N–H and O–H groups in total. The molecule has 0 spiro atoms. The Kier molecular flexibility index (Phi) is 4.41. The maximum absolute atomic E-state index is 11.8. The molecular formula is C22H23NO3. The molecule has 1 atom stereocenters. The summed E-state index contributed by atoms with van der Waals surface area (Å²) in [5.74, 6) is -0.621. The van der Waals surface area contributed by atoms with E-state index in [-0.39, 0.29) is 11.8 Å². The molecule has 1 unspecified atom stereocenters. The van der Waals surface area contributed by atoms with Gasteiger partial charge in [-0.2, -0.15) is 0 Å². The Morgan fingerprint density at radius 2 is 1.77 bits per heavy atom. The Balaban J connectivity index is 1.57. The van der Waals surface area contributed by atoms with Crippen LogP contribution in [0.4, 0.5) is 0 Å². The second kappa shape index (κ2) is 6.87. The summed E-state index contributed by atoms with van der Waals surface area (Å²) < 4.78 is 1.82. The first-order valence-electron chi connectivity index (χ1n) is 9.22. The van der Waals surface area contributed by atoms with E-state index in [0.29, 0.717) is 6.54 Å². The Hall–Kier alpha value is -2.75. The SMILES string of the molecule is O=C(O)C(c1ccc(Cn2cc3ccccc3c2O)cc1)C1CCCC1. The number of carboxylic acids is 1. The van der Waals surface area contributed by atoms with E-state index in [1.54, 1.807) is 0 Å². The number of aromatic nitrogens is 1. The van der Waals surface area contributed by atoms with Crippen molar-refractivity contribution in [1.29, 1.82) is 0 Å². The van der Waals surface area contributed by atoms with Crippen LogP contribution in [-0.4, -0.2) is 20.7 Å². The lowest BCUT2D eigenvalue weighted by Crippen LogP contribution is -2.19. The van der Waals surface area contributed by atoms with Crippen molar-refractivity contribution in [1.82, 2.24) is 4.57 Å². The summed E-state index contributed by atoms with van der Waals surface area (Å²) in [5.41, 5.74) is 1.93. The fraction of sp³-hybridized carbons (Fsp3) is 0.318. The van der Waals surface area contributed by atoms with Crippen LogP contribution in [0.3, 0.4) is 0 Å². The number of rotatable bonds is 5. The molecule has 1 aliphatic carbocycles. The van der Waals surface area contributed by atoms with Gasteiger partial charge < -0.3 is 14.8 Å². The number of nitrogens with zero attached hydrogens (tertiary/aromatic N) is 1. The van der Waals surface area contributed by atoms with Crippen molar-refractivity contribution in [3.63, 3.8) is 0 Å². The van der Waals surface area contributed by atoms with Crippen molar-refractivity contribution in [2.45, 2.75) is 38.1 Å². The Morgan fingerprint density at radius 3 is 2.42 bits per heavy atom. The molecule has 0 aliphatic heterocycles. The van der Waals surface area contributed by atoms with Crippen LogP contribution >= 0.6 is 0 Å². The highest BCUT2D eigenvalue weighted by Gasteiger charge is 2.31. The van der Waals surface area contributed by atoms with Crippen LogP contribution in [0, 0.1) is 5.92 Å². The molecule has 0 bridgehead atoms. The van der Waals surface area contributed by atoms with E-state index in [0.717, 1.165) is 47.6 Å². The topological polar surface area (TPSA) is 62.5 Å². The molecule has 4 nitrogen and oxygen atoms in total. The van der Waals surface area contributed by atoms with Crippen LogP contribution in [0.25, 0.3) is 10.8 Å². The van der Waals surface area contributed by atoms with Gasteiger partial charge >= 0.3 is 5.97 Å². The Labute approximate surface area is 152 Å². The molecule has 2 aromatic carbocycles. The summed E-state index contributed by atoms with van der Waals surface area (Å²) in [6.07, 6.45) is 6.21. The molecule has 3 aromatic rings. The average Bonchev–Trinajstić information content (AvgIpc) is 3.26. The van der Waals surface area contributed by atoms with Gasteiger partial charge in [-0.15, -0.1) is 0 Å². The van der Waals surface area contributed by atoms with Crippen molar-refractivity contribution >= 4 is 16.7 Å². The highest BCUT2D eigenvalue weighted by molar-refractivity contribution is 5.87. The largest absolute Gasteiger partial charge is 0.494 e. The number of carbonyl (C=O) groups is 1. The monoisotopic (exact) mass is 349 g/mol. The molecule has 1 fully saturated rings. The van der Waals surface area contributed by atoms with Crippen LogP contribution in [0.15, 0.2) is 54.7 Å². The molecule has 0 radical (unpaired) electrons. The lowest BCUT2D eigenvalue weighted by atomic mass is 9.84. The van der Waals surface area contributed by atoms with E-state index in [9.17, 15) is 15.0 Å². The minimum Gasteiger partial charge on any atom is -0.494 e. The molecule has 1 heterocycles. The summed E-state index contributed by atoms with van der Waals surface area (Å²) in [7, 11) is 0. The minimum absolute atomic E-state index is 0.247. The summed E-state index contributed by atoms with van der Waals surface area (Å²) in [4.78, 5) is 11.8. The number of hydrogen-bond donors (Lipinski definition) is 2. The zero-order valence-corrected chi connectivity index (χ0v) is 14.6. The van der Waals surface area contributed by atoms with Crippen molar-refractivity contribution in [2.24, 2.45) is 5.92 Å². The standard InChI is InChI=1S/C22H23NO3/c24-21-19-8-4-3-7-18(19)14-23(21)13-15-9-11-17(12-10-15)20(22(25)26)16-5-1-2-6-16/h3-4,7-12,14,16,20,24H,1-2,5-6,13H2,(H,25,26). The van der Waals surface area contributed by atoms with Gasteiger partial charge in [-0.25, -0.2) is 0 Å². The van der Waals surface area contributed by atoms with Gasteiger partial charge in [0.05, 0.1) is 12.5 Å². The van der Waals surface area contributed by atoms with Crippen molar-refractivity contribution in [3.8, 4) is 5.88 Å². The molecule has 4 rings (SSSR count). The lowest BCUT2D eigenvalue weighted by molar-refractivity contribution is -0.140. The summed E-state index contributed by atoms with van der Waals surface area (Å²) in [6.45, 7) is 0.558. The third kappa shape index (κ3) is 3.07. The fourth-order valence-corrected chi connectivity index (χ4v) is 4.25. The lowest BCUT2D eigenvalue weighted by Gasteiger charge is -2.20. The number of hydrogen-bond acceptors (Lipinski definition) is 2. The maximum atomic E-state index is 11.8.